The summed E-state index contributed by atoms with van der Waals surface area (Å²) in [6.07, 6.45) is 3.56. The van der Waals surface area contributed by atoms with Gasteiger partial charge < -0.3 is 5.32 Å². The second-order valence-electron chi connectivity index (χ2n) is 2.65. The molecule has 0 bridgehead atoms. The van der Waals surface area contributed by atoms with Gasteiger partial charge >= 0.3 is 0 Å². The average molecular weight is 172 g/mol. The number of hydrogen-bond acceptors (Lipinski definition) is 3. The van der Waals surface area contributed by atoms with Crippen molar-refractivity contribution in [3.63, 3.8) is 0 Å². The van der Waals surface area contributed by atoms with Gasteiger partial charge in [0.2, 0.25) is 0 Å². The highest BCUT2D eigenvalue weighted by molar-refractivity contribution is 5.53. The van der Waals surface area contributed by atoms with Gasteiger partial charge in [0.25, 0.3) is 0 Å². The van der Waals surface area contributed by atoms with Crippen molar-refractivity contribution in [2.45, 2.75) is 0 Å². The zero-order chi connectivity index (χ0) is 9.26. The van der Waals surface area contributed by atoms with E-state index < -0.39 is 0 Å². The number of fused-ring (bicyclic) bond motifs is 1. The van der Waals surface area contributed by atoms with Gasteiger partial charge in [0.05, 0.1) is 17.8 Å². The fraction of sp³-hybridized carbons (Fsp3) is 0.111. The average Bonchev–Trinajstić information content (AvgIpc) is 2.59. The molecule has 0 aliphatic heterocycles. The van der Waals surface area contributed by atoms with Crippen molar-refractivity contribution in [3.8, 4) is 6.07 Å². The van der Waals surface area contributed by atoms with E-state index in [1.54, 1.807) is 18.3 Å². The molecule has 0 spiro atoms. The summed E-state index contributed by atoms with van der Waals surface area (Å²) in [5.41, 5.74) is 1.41. The molecular formula is C9H8N4. The van der Waals surface area contributed by atoms with Crippen molar-refractivity contribution in [2.24, 2.45) is 0 Å². The molecule has 1 N–H and O–H groups in total. The topological polar surface area (TPSA) is 53.1 Å². The summed E-state index contributed by atoms with van der Waals surface area (Å²) < 4.78 is 1.89. The van der Waals surface area contributed by atoms with E-state index in [-0.39, 0.29) is 0 Å². The number of nitrogens with zero attached hydrogens (tertiary/aromatic N) is 3. The van der Waals surface area contributed by atoms with Crippen molar-refractivity contribution >= 4 is 11.5 Å². The summed E-state index contributed by atoms with van der Waals surface area (Å²) in [7, 11) is 1.83. The first-order valence-corrected chi connectivity index (χ1v) is 3.90. The van der Waals surface area contributed by atoms with E-state index in [1.165, 1.54) is 0 Å². The minimum absolute atomic E-state index is 0.626. The Labute approximate surface area is 75.4 Å². The minimum Gasteiger partial charge on any atom is -0.373 e. The smallest absolute Gasteiger partial charge is 0.139 e. The molecule has 0 radical (unpaired) electrons. The van der Waals surface area contributed by atoms with Gasteiger partial charge in [0.1, 0.15) is 11.5 Å². The molecule has 0 atom stereocenters. The van der Waals surface area contributed by atoms with Gasteiger partial charge in [-0.15, -0.1) is 0 Å². The van der Waals surface area contributed by atoms with Crippen molar-refractivity contribution in [3.05, 3.63) is 30.1 Å². The van der Waals surface area contributed by atoms with Crippen LogP contribution >= 0.6 is 0 Å². The maximum atomic E-state index is 8.66. The maximum absolute atomic E-state index is 8.66. The summed E-state index contributed by atoms with van der Waals surface area (Å²) >= 11 is 0. The van der Waals surface area contributed by atoms with E-state index in [0.29, 0.717) is 5.56 Å². The number of anilines is 1. The van der Waals surface area contributed by atoms with Gasteiger partial charge in [-0.2, -0.15) is 5.26 Å². The number of pyridine rings is 1. The highest BCUT2D eigenvalue weighted by atomic mass is 15.1. The van der Waals surface area contributed by atoms with Crippen LogP contribution in [0.1, 0.15) is 5.56 Å². The molecular weight excluding hydrogens is 164 g/mol. The zero-order valence-electron chi connectivity index (χ0n) is 7.15. The third-order valence-electron chi connectivity index (χ3n) is 1.90. The summed E-state index contributed by atoms with van der Waals surface area (Å²) in [6, 6.07) is 5.58. The Hall–Kier alpha value is -2.02. The summed E-state index contributed by atoms with van der Waals surface area (Å²) in [6.45, 7) is 0. The molecule has 64 valence electrons. The molecule has 0 fully saturated rings. The lowest BCUT2D eigenvalue weighted by molar-refractivity contribution is 1.17. The third-order valence-corrected chi connectivity index (χ3v) is 1.90. The van der Waals surface area contributed by atoms with Crippen LogP contribution in [-0.4, -0.2) is 16.4 Å². The quantitative estimate of drug-likeness (QED) is 0.704. The fourth-order valence-corrected chi connectivity index (χ4v) is 1.24. The van der Waals surface area contributed by atoms with Gasteiger partial charge in [0, 0.05) is 13.2 Å². The molecule has 0 unspecified atom stereocenters. The normalized spacial score (nSPS) is 9.85. The SMILES string of the molecule is CNc1cnc2cc(C#N)ccn12. The number of nitrogens with one attached hydrogen (secondary N) is 1. The van der Waals surface area contributed by atoms with Crippen LogP contribution in [0.2, 0.25) is 0 Å². The predicted molar refractivity (Wildman–Crippen MR) is 49.5 cm³/mol. The Balaban J connectivity index is 2.70. The van der Waals surface area contributed by atoms with Crippen LogP contribution < -0.4 is 5.32 Å². The van der Waals surface area contributed by atoms with Crippen LogP contribution in [0.5, 0.6) is 0 Å². The van der Waals surface area contributed by atoms with Gasteiger partial charge in [-0.3, -0.25) is 4.40 Å². The first-order valence-electron chi connectivity index (χ1n) is 3.90. The highest BCUT2D eigenvalue weighted by Gasteiger charge is 2.00. The molecule has 0 saturated carbocycles. The lowest BCUT2D eigenvalue weighted by atomic mass is 10.3. The molecule has 0 amide bonds. The van der Waals surface area contributed by atoms with Crippen LogP contribution in [0.3, 0.4) is 0 Å². The second kappa shape index (κ2) is 2.79. The number of aromatic nitrogens is 2. The molecule has 2 heterocycles. The van der Waals surface area contributed by atoms with Gasteiger partial charge in [-0.05, 0) is 12.1 Å². The Morgan fingerprint density at radius 1 is 1.62 bits per heavy atom. The number of rotatable bonds is 1. The number of imidazole rings is 1. The summed E-state index contributed by atoms with van der Waals surface area (Å²) in [4.78, 5) is 4.15. The molecule has 4 nitrogen and oxygen atoms in total. The van der Waals surface area contributed by atoms with Crippen LogP contribution in [0.4, 0.5) is 5.82 Å². The van der Waals surface area contributed by atoms with E-state index in [9.17, 15) is 0 Å². The van der Waals surface area contributed by atoms with Gasteiger partial charge in [0.15, 0.2) is 0 Å². The Morgan fingerprint density at radius 2 is 2.46 bits per heavy atom. The molecule has 0 aliphatic carbocycles. The summed E-state index contributed by atoms with van der Waals surface area (Å²) in [5.74, 6) is 0.916. The van der Waals surface area contributed by atoms with E-state index in [0.717, 1.165) is 11.5 Å². The van der Waals surface area contributed by atoms with Crippen molar-refractivity contribution in [1.82, 2.24) is 9.38 Å². The largest absolute Gasteiger partial charge is 0.373 e. The standard InChI is InChI=1S/C9H8N4/c1-11-9-6-12-8-4-7(5-10)2-3-13(8)9/h2-4,6,11H,1H3. The summed E-state index contributed by atoms with van der Waals surface area (Å²) in [5, 5.41) is 11.7. The van der Waals surface area contributed by atoms with E-state index >= 15 is 0 Å². The van der Waals surface area contributed by atoms with Crippen LogP contribution in [0.25, 0.3) is 5.65 Å². The molecule has 4 heteroatoms. The van der Waals surface area contributed by atoms with E-state index in [2.05, 4.69) is 16.4 Å². The van der Waals surface area contributed by atoms with Crippen LogP contribution in [0.15, 0.2) is 24.5 Å². The van der Waals surface area contributed by atoms with Crippen LogP contribution in [-0.2, 0) is 0 Å². The molecule has 2 aromatic heterocycles. The maximum Gasteiger partial charge on any atom is 0.139 e. The van der Waals surface area contributed by atoms with Crippen molar-refractivity contribution in [1.29, 1.82) is 5.26 Å². The van der Waals surface area contributed by atoms with E-state index in [1.807, 2.05) is 17.6 Å². The lowest BCUT2D eigenvalue weighted by Gasteiger charge is -1.98. The second-order valence-corrected chi connectivity index (χ2v) is 2.65. The molecule has 2 rings (SSSR count). The number of nitriles is 1. The molecule has 13 heavy (non-hydrogen) atoms. The monoisotopic (exact) mass is 172 g/mol. The lowest BCUT2D eigenvalue weighted by Crippen LogP contribution is -1.93. The van der Waals surface area contributed by atoms with Gasteiger partial charge in [-0.1, -0.05) is 0 Å². The minimum atomic E-state index is 0.626. The Kier molecular flexibility index (Phi) is 1.64. The van der Waals surface area contributed by atoms with Crippen molar-refractivity contribution in [2.75, 3.05) is 12.4 Å². The number of hydrogen-bond donors (Lipinski definition) is 1. The zero-order valence-corrected chi connectivity index (χ0v) is 7.15. The Bertz CT molecular complexity index is 478. The molecule has 0 aliphatic rings. The first kappa shape index (κ1) is 7.62. The van der Waals surface area contributed by atoms with E-state index in [4.69, 9.17) is 5.26 Å². The van der Waals surface area contributed by atoms with Crippen LogP contribution in [0, 0.1) is 11.3 Å². The molecule has 0 saturated heterocycles. The highest BCUT2D eigenvalue weighted by Crippen LogP contribution is 2.11. The van der Waals surface area contributed by atoms with Crippen molar-refractivity contribution < 1.29 is 0 Å². The Morgan fingerprint density at radius 3 is 3.15 bits per heavy atom. The predicted octanol–water partition coefficient (Wildman–Crippen LogP) is 1.25. The first-order chi connectivity index (χ1) is 6.35. The molecule has 2 aromatic rings. The third kappa shape index (κ3) is 1.11. The molecule has 0 aromatic carbocycles. The van der Waals surface area contributed by atoms with Gasteiger partial charge in [-0.25, -0.2) is 4.98 Å². The fourth-order valence-electron chi connectivity index (χ4n) is 1.24.